The molecular formula is C20H17N3OS. The summed E-state index contributed by atoms with van der Waals surface area (Å²) >= 11 is 1.52. The van der Waals surface area contributed by atoms with E-state index >= 15 is 0 Å². The van der Waals surface area contributed by atoms with Crippen LogP contribution < -0.4 is 5.32 Å². The van der Waals surface area contributed by atoms with Gasteiger partial charge in [-0.05, 0) is 28.6 Å². The minimum absolute atomic E-state index is 0.0267. The molecule has 0 atom stereocenters. The van der Waals surface area contributed by atoms with Crippen LogP contribution in [0.5, 0.6) is 0 Å². The van der Waals surface area contributed by atoms with E-state index in [0.29, 0.717) is 6.54 Å². The molecule has 4 aromatic rings. The first-order chi connectivity index (χ1) is 12.3. The Hall–Kier alpha value is -2.92. The predicted molar refractivity (Wildman–Crippen MR) is 101 cm³/mol. The number of aromatic nitrogens is 2. The first-order valence-corrected chi connectivity index (χ1v) is 8.90. The second-order valence-corrected chi connectivity index (χ2v) is 6.97. The number of carbonyl (C=O) groups is 1. The zero-order valence-corrected chi connectivity index (χ0v) is 14.4. The van der Waals surface area contributed by atoms with Gasteiger partial charge in [0, 0.05) is 30.2 Å². The van der Waals surface area contributed by atoms with E-state index < -0.39 is 0 Å². The van der Waals surface area contributed by atoms with Crippen LogP contribution in [-0.4, -0.2) is 15.5 Å². The molecule has 0 bridgehead atoms. The van der Waals surface area contributed by atoms with E-state index in [2.05, 4.69) is 22.4 Å². The van der Waals surface area contributed by atoms with Crippen molar-refractivity contribution in [2.24, 2.45) is 0 Å². The molecule has 2 aromatic carbocycles. The molecule has 1 N–H and O–H groups in total. The third-order valence-electron chi connectivity index (χ3n) is 4.02. The van der Waals surface area contributed by atoms with E-state index in [-0.39, 0.29) is 5.91 Å². The largest absolute Gasteiger partial charge is 0.347 e. The first kappa shape index (κ1) is 15.6. The number of imidazole rings is 1. The van der Waals surface area contributed by atoms with Gasteiger partial charge in [0.2, 0.25) is 0 Å². The summed E-state index contributed by atoms with van der Waals surface area (Å²) in [5, 5.41) is 4.13. The molecule has 4 rings (SSSR count). The second kappa shape index (κ2) is 6.91. The molecule has 0 radical (unpaired) electrons. The van der Waals surface area contributed by atoms with Gasteiger partial charge in [0.25, 0.3) is 5.91 Å². The SMILES string of the molecule is O=C(NCc1cccc(Cn2ccnc2)c1)c1cc2ccccc2s1. The van der Waals surface area contributed by atoms with Crippen LogP contribution in [0.1, 0.15) is 20.8 Å². The number of fused-ring (bicyclic) bond motifs is 1. The minimum atomic E-state index is -0.0267. The molecule has 4 nitrogen and oxygen atoms in total. The summed E-state index contributed by atoms with van der Waals surface area (Å²) < 4.78 is 3.16. The summed E-state index contributed by atoms with van der Waals surface area (Å²) in [5.41, 5.74) is 2.28. The standard InChI is InChI=1S/C20H17N3OS/c24-20(19-11-17-6-1-2-7-18(17)25-19)22-12-15-4-3-5-16(10-15)13-23-9-8-21-14-23/h1-11,14H,12-13H2,(H,22,24). The summed E-state index contributed by atoms with van der Waals surface area (Å²) in [6.45, 7) is 1.29. The molecule has 0 aliphatic carbocycles. The molecule has 0 saturated carbocycles. The Morgan fingerprint density at radius 1 is 1.08 bits per heavy atom. The van der Waals surface area contributed by atoms with Gasteiger partial charge in [-0.3, -0.25) is 4.79 Å². The van der Waals surface area contributed by atoms with Gasteiger partial charge in [0.1, 0.15) is 0 Å². The van der Waals surface area contributed by atoms with Crippen molar-refractivity contribution in [3.05, 3.63) is 89.3 Å². The lowest BCUT2D eigenvalue weighted by molar-refractivity contribution is 0.0955. The van der Waals surface area contributed by atoms with Crippen LogP contribution >= 0.6 is 11.3 Å². The van der Waals surface area contributed by atoms with Crippen molar-refractivity contribution in [1.82, 2.24) is 14.9 Å². The van der Waals surface area contributed by atoms with Crippen LogP contribution in [0.25, 0.3) is 10.1 Å². The van der Waals surface area contributed by atoms with Crippen LogP contribution in [0.4, 0.5) is 0 Å². The summed E-state index contributed by atoms with van der Waals surface area (Å²) in [5.74, 6) is -0.0267. The summed E-state index contributed by atoms with van der Waals surface area (Å²) in [6, 6.07) is 18.2. The van der Waals surface area contributed by atoms with Crippen molar-refractivity contribution < 1.29 is 4.79 Å². The van der Waals surface area contributed by atoms with Gasteiger partial charge >= 0.3 is 0 Å². The number of nitrogens with zero attached hydrogens (tertiary/aromatic N) is 2. The maximum atomic E-state index is 12.4. The number of hydrogen-bond acceptors (Lipinski definition) is 3. The highest BCUT2D eigenvalue weighted by atomic mass is 32.1. The minimum Gasteiger partial charge on any atom is -0.347 e. The number of hydrogen-bond donors (Lipinski definition) is 1. The van der Waals surface area contributed by atoms with Crippen molar-refractivity contribution in [2.45, 2.75) is 13.1 Å². The normalized spacial score (nSPS) is 10.9. The Kier molecular flexibility index (Phi) is 4.31. The van der Waals surface area contributed by atoms with Gasteiger partial charge in [0.05, 0.1) is 11.2 Å². The molecule has 0 unspecified atom stereocenters. The van der Waals surface area contributed by atoms with Crippen LogP contribution in [0.3, 0.4) is 0 Å². The summed E-state index contributed by atoms with van der Waals surface area (Å²) in [7, 11) is 0. The Balaban J connectivity index is 1.43. The van der Waals surface area contributed by atoms with Crippen LogP contribution in [-0.2, 0) is 13.1 Å². The molecule has 2 aromatic heterocycles. The molecule has 0 fully saturated rings. The van der Waals surface area contributed by atoms with Gasteiger partial charge in [-0.2, -0.15) is 0 Å². The summed E-state index contributed by atoms with van der Waals surface area (Å²) in [6.07, 6.45) is 5.51. The van der Waals surface area contributed by atoms with E-state index in [0.717, 1.165) is 27.1 Å². The summed E-state index contributed by atoms with van der Waals surface area (Å²) in [4.78, 5) is 17.2. The van der Waals surface area contributed by atoms with Crippen LogP contribution in [0.15, 0.2) is 73.3 Å². The fraction of sp³-hybridized carbons (Fsp3) is 0.100. The van der Waals surface area contributed by atoms with E-state index in [4.69, 9.17) is 0 Å². The lowest BCUT2D eigenvalue weighted by Gasteiger charge is -2.07. The first-order valence-electron chi connectivity index (χ1n) is 8.08. The quantitative estimate of drug-likeness (QED) is 0.591. The Morgan fingerprint density at radius 3 is 2.80 bits per heavy atom. The molecule has 25 heavy (non-hydrogen) atoms. The van der Waals surface area contributed by atoms with Gasteiger partial charge in [-0.25, -0.2) is 4.98 Å². The lowest BCUT2D eigenvalue weighted by atomic mass is 10.1. The molecule has 0 spiro atoms. The van der Waals surface area contributed by atoms with E-state index in [9.17, 15) is 4.79 Å². The highest BCUT2D eigenvalue weighted by Gasteiger charge is 2.09. The molecule has 0 aliphatic rings. The topological polar surface area (TPSA) is 46.9 Å². The zero-order chi connectivity index (χ0) is 17.1. The maximum absolute atomic E-state index is 12.4. The Bertz CT molecular complexity index is 972. The smallest absolute Gasteiger partial charge is 0.261 e. The van der Waals surface area contributed by atoms with Gasteiger partial charge < -0.3 is 9.88 Å². The maximum Gasteiger partial charge on any atom is 0.261 e. The molecule has 1 amide bonds. The zero-order valence-electron chi connectivity index (χ0n) is 13.6. The van der Waals surface area contributed by atoms with Gasteiger partial charge in [0.15, 0.2) is 0 Å². The molecule has 5 heteroatoms. The number of carbonyl (C=O) groups excluding carboxylic acids is 1. The Morgan fingerprint density at radius 2 is 1.96 bits per heavy atom. The number of benzene rings is 2. The number of thiophene rings is 1. The van der Waals surface area contributed by atoms with Crippen molar-refractivity contribution in [3.63, 3.8) is 0 Å². The third kappa shape index (κ3) is 3.61. The van der Waals surface area contributed by atoms with Crippen molar-refractivity contribution in [3.8, 4) is 0 Å². The molecule has 124 valence electrons. The molecule has 2 heterocycles. The van der Waals surface area contributed by atoms with E-state index in [1.54, 1.807) is 12.5 Å². The van der Waals surface area contributed by atoms with E-state index in [1.165, 1.54) is 16.9 Å². The number of rotatable bonds is 5. The molecule has 0 aliphatic heterocycles. The molecule has 0 saturated heterocycles. The average molecular weight is 347 g/mol. The highest BCUT2D eigenvalue weighted by molar-refractivity contribution is 7.20. The lowest BCUT2D eigenvalue weighted by Crippen LogP contribution is -2.21. The van der Waals surface area contributed by atoms with Crippen LogP contribution in [0, 0.1) is 0 Å². The van der Waals surface area contributed by atoms with Crippen molar-refractivity contribution in [1.29, 1.82) is 0 Å². The number of nitrogens with one attached hydrogen (secondary N) is 1. The fourth-order valence-electron chi connectivity index (χ4n) is 2.79. The molecular weight excluding hydrogens is 330 g/mol. The number of amides is 1. The third-order valence-corrected chi connectivity index (χ3v) is 5.13. The van der Waals surface area contributed by atoms with Gasteiger partial charge in [-0.15, -0.1) is 11.3 Å². The second-order valence-electron chi connectivity index (χ2n) is 5.89. The van der Waals surface area contributed by atoms with Crippen molar-refractivity contribution in [2.75, 3.05) is 0 Å². The predicted octanol–water partition coefficient (Wildman–Crippen LogP) is 4.08. The van der Waals surface area contributed by atoms with Crippen LogP contribution in [0.2, 0.25) is 0 Å². The highest BCUT2D eigenvalue weighted by Crippen LogP contribution is 2.25. The average Bonchev–Trinajstić information content (AvgIpc) is 3.29. The van der Waals surface area contributed by atoms with Crippen molar-refractivity contribution >= 4 is 27.3 Å². The monoisotopic (exact) mass is 347 g/mol. The van der Waals surface area contributed by atoms with E-state index in [1.807, 2.05) is 53.2 Å². The fourth-order valence-corrected chi connectivity index (χ4v) is 3.77. The van der Waals surface area contributed by atoms with Gasteiger partial charge in [-0.1, -0.05) is 42.5 Å². The Labute approximate surface area is 149 Å².